The van der Waals surface area contributed by atoms with Gasteiger partial charge in [0.15, 0.2) is 0 Å². The number of nitrogens with one attached hydrogen (secondary N) is 1. The second-order valence-electron chi connectivity index (χ2n) is 5.82. The molecule has 2 rings (SSSR count). The monoisotopic (exact) mass is 312 g/mol. The van der Waals surface area contributed by atoms with Gasteiger partial charge in [0.1, 0.15) is 5.82 Å². The van der Waals surface area contributed by atoms with E-state index in [1.54, 1.807) is 6.20 Å². The van der Waals surface area contributed by atoms with E-state index in [-0.39, 0.29) is 17.9 Å². The standard InChI is InChI=1S/C18H24N4O/c1-13(16(19)14-8-5-4-6-9-14)18(23)21-12-15-10-7-11-20-17(15)22(2)3/h4-11,13,16H,12,19H2,1-3H3,(H,21,23)/t13-,16-/m1/s1. The minimum atomic E-state index is -0.321. The zero-order valence-electron chi connectivity index (χ0n) is 13.9. The molecule has 3 N–H and O–H groups in total. The van der Waals surface area contributed by atoms with Gasteiger partial charge in [-0.05, 0) is 11.6 Å². The summed E-state index contributed by atoms with van der Waals surface area (Å²) in [5, 5.41) is 2.96. The van der Waals surface area contributed by atoms with Gasteiger partial charge in [0.05, 0.1) is 5.92 Å². The van der Waals surface area contributed by atoms with Gasteiger partial charge in [-0.15, -0.1) is 0 Å². The van der Waals surface area contributed by atoms with Crippen molar-refractivity contribution in [2.75, 3.05) is 19.0 Å². The van der Waals surface area contributed by atoms with E-state index in [0.29, 0.717) is 6.54 Å². The summed E-state index contributed by atoms with van der Waals surface area (Å²) in [6.45, 7) is 2.29. The van der Waals surface area contributed by atoms with Gasteiger partial charge >= 0.3 is 0 Å². The van der Waals surface area contributed by atoms with Crippen LogP contribution in [0.1, 0.15) is 24.1 Å². The normalized spacial score (nSPS) is 13.2. The fourth-order valence-corrected chi connectivity index (χ4v) is 2.44. The lowest BCUT2D eigenvalue weighted by molar-refractivity contribution is -0.125. The predicted octanol–water partition coefficient (Wildman–Crippen LogP) is 2.10. The number of pyridine rings is 1. The molecule has 0 unspecified atom stereocenters. The lowest BCUT2D eigenvalue weighted by Crippen LogP contribution is -2.35. The fraction of sp³-hybridized carbons (Fsp3) is 0.333. The molecule has 0 fully saturated rings. The number of rotatable bonds is 6. The lowest BCUT2D eigenvalue weighted by atomic mass is 9.94. The number of amides is 1. The Labute approximate surface area is 137 Å². The number of carbonyl (C=O) groups excluding carboxylic acids is 1. The molecule has 1 aromatic carbocycles. The Morgan fingerprint density at radius 1 is 1.22 bits per heavy atom. The molecule has 2 atom stereocenters. The Morgan fingerprint density at radius 2 is 1.91 bits per heavy atom. The van der Waals surface area contributed by atoms with E-state index in [1.165, 1.54) is 0 Å². The first-order chi connectivity index (χ1) is 11.0. The number of hydrogen-bond acceptors (Lipinski definition) is 4. The van der Waals surface area contributed by atoms with Gasteiger partial charge < -0.3 is 16.0 Å². The highest BCUT2D eigenvalue weighted by atomic mass is 16.1. The van der Waals surface area contributed by atoms with Crippen LogP contribution in [0.4, 0.5) is 5.82 Å². The molecule has 1 heterocycles. The van der Waals surface area contributed by atoms with Gasteiger partial charge in [-0.1, -0.05) is 43.3 Å². The van der Waals surface area contributed by atoms with Crippen LogP contribution in [0.5, 0.6) is 0 Å². The first-order valence-electron chi connectivity index (χ1n) is 7.70. The van der Waals surface area contributed by atoms with E-state index in [1.807, 2.05) is 68.4 Å². The second kappa shape index (κ2) is 7.74. The highest BCUT2D eigenvalue weighted by molar-refractivity contribution is 5.79. The molecule has 5 heteroatoms. The van der Waals surface area contributed by atoms with Gasteiger partial charge in [0.25, 0.3) is 0 Å². The summed E-state index contributed by atoms with van der Waals surface area (Å²) < 4.78 is 0. The average molecular weight is 312 g/mol. The van der Waals surface area contributed by atoms with Crippen molar-refractivity contribution in [1.82, 2.24) is 10.3 Å². The van der Waals surface area contributed by atoms with E-state index < -0.39 is 0 Å². The zero-order chi connectivity index (χ0) is 16.8. The van der Waals surface area contributed by atoms with Gasteiger partial charge in [0, 0.05) is 38.4 Å². The molecule has 0 radical (unpaired) electrons. The van der Waals surface area contributed by atoms with Crippen molar-refractivity contribution in [2.24, 2.45) is 11.7 Å². The Bertz CT molecular complexity index is 642. The largest absolute Gasteiger partial charge is 0.362 e. The summed E-state index contributed by atoms with van der Waals surface area (Å²) in [4.78, 5) is 18.7. The first kappa shape index (κ1) is 17.0. The van der Waals surface area contributed by atoms with Crippen LogP contribution in [0, 0.1) is 5.92 Å². The topological polar surface area (TPSA) is 71.2 Å². The van der Waals surface area contributed by atoms with E-state index in [9.17, 15) is 4.79 Å². The van der Waals surface area contributed by atoms with Crippen molar-refractivity contribution in [3.63, 3.8) is 0 Å². The van der Waals surface area contributed by atoms with Crippen molar-refractivity contribution in [3.05, 3.63) is 59.8 Å². The summed E-state index contributed by atoms with van der Waals surface area (Å²) in [7, 11) is 3.86. The van der Waals surface area contributed by atoms with Crippen LogP contribution in [-0.4, -0.2) is 25.0 Å². The minimum absolute atomic E-state index is 0.0603. The number of nitrogens with zero attached hydrogens (tertiary/aromatic N) is 2. The molecule has 0 aliphatic heterocycles. The number of aromatic nitrogens is 1. The zero-order valence-corrected chi connectivity index (χ0v) is 13.9. The van der Waals surface area contributed by atoms with Crippen LogP contribution in [0.25, 0.3) is 0 Å². The molecule has 0 saturated heterocycles. The predicted molar refractivity (Wildman–Crippen MR) is 92.9 cm³/mol. The highest BCUT2D eigenvalue weighted by Crippen LogP contribution is 2.20. The van der Waals surface area contributed by atoms with E-state index >= 15 is 0 Å². The first-order valence-corrected chi connectivity index (χ1v) is 7.70. The molecule has 23 heavy (non-hydrogen) atoms. The summed E-state index contributed by atoms with van der Waals surface area (Å²) in [6, 6.07) is 13.2. The maximum absolute atomic E-state index is 12.4. The summed E-state index contributed by atoms with van der Waals surface area (Å²) in [5.41, 5.74) is 8.15. The maximum Gasteiger partial charge on any atom is 0.225 e. The number of nitrogens with two attached hydrogens (primary N) is 1. The Morgan fingerprint density at radius 3 is 2.57 bits per heavy atom. The van der Waals surface area contributed by atoms with Crippen molar-refractivity contribution < 1.29 is 4.79 Å². The fourth-order valence-electron chi connectivity index (χ4n) is 2.44. The van der Waals surface area contributed by atoms with Crippen molar-refractivity contribution >= 4 is 11.7 Å². The Hall–Kier alpha value is -2.40. The third-order valence-corrected chi connectivity index (χ3v) is 3.88. The van der Waals surface area contributed by atoms with E-state index in [0.717, 1.165) is 16.9 Å². The van der Waals surface area contributed by atoms with Gasteiger partial charge in [-0.25, -0.2) is 4.98 Å². The lowest BCUT2D eigenvalue weighted by Gasteiger charge is -2.21. The van der Waals surface area contributed by atoms with Crippen LogP contribution >= 0.6 is 0 Å². The molecular formula is C18H24N4O. The second-order valence-corrected chi connectivity index (χ2v) is 5.82. The van der Waals surface area contributed by atoms with Crippen LogP contribution < -0.4 is 16.0 Å². The quantitative estimate of drug-likeness (QED) is 0.857. The molecule has 0 bridgehead atoms. The van der Waals surface area contributed by atoms with Crippen LogP contribution in [0.3, 0.4) is 0 Å². The van der Waals surface area contributed by atoms with E-state index in [2.05, 4.69) is 10.3 Å². The Kier molecular flexibility index (Phi) is 5.71. The number of hydrogen-bond donors (Lipinski definition) is 2. The smallest absolute Gasteiger partial charge is 0.225 e. The molecule has 2 aromatic rings. The summed E-state index contributed by atoms with van der Waals surface area (Å²) in [6.07, 6.45) is 1.74. The Balaban J connectivity index is 2.00. The number of benzene rings is 1. The molecular weight excluding hydrogens is 288 g/mol. The number of anilines is 1. The molecule has 0 saturated carbocycles. The summed E-state index contributed by atoms with van der Waals surface area (Å²) in [5.74, 6) is 0.486. The molecule has 0 spiro atoms. The third-order valence-electron chi connectivity index (χ3n) is 3.88. The SMILES string of the molecule is C[C@@H](C(=O)NCc1cccnc1N(C)C)[C@@H](N)c1ccccc1. The van der Waals surface area contributed by atoms with Crippen molar-refractivity contribution in [3.8, 4) is 0 Å². The number of carbonyl (C=O) groups is 1. The molecule has 122 valence electrons. The molecule has 5 nitrogen and oxygen atoms in total. The molecule has 0 aliphatic rings. The maximum atomic E-state index is 12.4. The third kappa shape index (κ3) is 4.29. The molecule has 1 aromatic heterocycles. The van der Waals surface area contributed by atoms with Crippen molar-refractivity contribution in [1.29, 1.82) is 0 Å². The van der Waals surface area contributed by atoms with Crippen LogP contribution in [0.15, 0.2) is 48.7 Å². The minimum Gasteiger partial charge on any atom is -0.362 e. The molecule has 1 amide bonds. The van der Waals surface area contributed by atoms with Crippen molar-refractivity contribution in [2.45, 2.75) is 19.5 Å². The van der Waals surface area contributed by atoms with E-state index in [4.69, 9.17) is 5.73 Å². The van der Waals surface area contributed by atoms with Crippen LogP contribution in [0.2, 0.25) is 0 Å². The highest BCUT2D eigenvalue weighted by Gasteiger charge is 2.22. The van der Waals surface area contributed by atoms with Gasteiger partial charge in [-0.2, -0.15) is 0 Å². The van der Waals surface area contributed by atoms with Gasteiger partial charge in [-0.3, -0.25) is 4.79 Å². The van der Waals surface area contributed by atoms with Crippen LogP contribution in [-0.2, 0) is 11.3 Å². The summed E-state index contributed by atoms with van der Waals surface area (Å²) >= 11 is 0. The molecule has 0 aliphatic carbocycles. The van der Waals surface area contributed by atoms with Gasteiger partial charge in [0.2, 0.25) is 5.91 Å². The average Bonchev–Trinajstić information content (AvgIpc) is 2.59.